The van der Waals surface area contributed by atoms with Crippen molar-refractivity contribution in [3.8, 4) is 11.4 Å². The Hall–Kier alpha value is -1.91. The van der Waals surface area contributed by atoms with E-state index in [0.717, 1.165) is 35.9 Å². The van der Waals surface area contributed by atoms with Gasteiger partial charge >= 0.3 is 0 Å². The Kier molecular flexibility index (Phi) is 4.06. The zero-order valence-corrected chi connectivity index (χ0v) is 12.9. The van der Waals surface area contributed by atoms with Crippen LogP contribution < -0.4 is 5.32 Å². The summed E-state index contributed by atoms with van der Waals surface area (Å²) in [7, 11) is 1.87. The Morgan fingerprint density at radius 2 is 2.00 bits per heavy atom. The highest BCUT2D eigenvalue weighted by Gasteiger charge is 2.18. The lowest BCUT2D eigenvalue weighted by Crippen LogP contribution is -2.15. The molecule has 0 unspecified atom stereocenters. The summed E-state index contributed by atoms with van der Waals surface area (Å²) in [5.41, 5.74) is 1.97. The third kappa shape index (κ3) is 3.15. The van der Waals surface area contributed by atoms with Crippen LogP contribution in [0.3, 0.4) is 0 Å². The molecule has 2 rings (SSSR count). The van der Waals surface area contributed by atoms with Gasteiger partial charge in [0, 0.05) is 31.3 Å². The summed E-state index contributed by atoms with van der Waals surface area (Å²) in [6.45, 7) is 9.51. The van der Waals surface area contributed by atoms with Crippen LogP contribution in [0.25, 0.3) is 11.4 Å². The summed E-state index contributed by atoms with van der Waals surface area (Å²) in [6, 6.07) is 2.00. The molecule has 108 valence electrons. The predicted octanol–water partition coefficient (Wildman–Crippen LogP) is 3.09. The van der Waals surface area contributed by atoms with Crippen LogP contribution in [0.15, 0.2) is 18.5 Å². The minimum Gasteiger partial charge on any atom is -0.373 e. The zero-order valence-electron chi connectivity index (χ0n) is 12.9. The van der Waals surface area contributed by atoms with Crippen LogP contribution in [-0.4, -0.2) is 26.8 Å². The number of hydrogen-bond donors (Lipinski definition) is 1. The second-order valence-corrected chi connectivity index (χ2v) is 5.95. The van der Waals surface area contributed by atoms with Gasteiger partial charge < -0.3 is 5.32 Å². The van der Waals surface area contributed by atoms with E-state index >= 15 is 0 Å². The van der Waals surface area contributed by atoms with E-state index in [1.165, 1.54) is 0 Å². The molecule has 2 aromatic rings. The first-order valence-corrected chi connectivity index (χ1v) is 7.04. The molecule has 0 aliphatic carbocycles. The molecule has 5 heteroatoms. The van der Waals surface area contributed by atoms with Crippen molar-refractivity contribution in [3.63, 3.8) is 0 Å². The van der Waals surface area contributed by atoms with Crippen molar-refractivity contribution in [1.82, 2.24) is 19.7 Å². The molecule has 0 aromatic carbocycles. The lowest BCUT2D eigenvalue weighted by atomic mass is 9.92. The summed E-state index contributed by atoms with van der Waals surface area (Å²) < 4.78 is 1.93. The number of rotatable bonds is 4. The van der Waals surface area contributed by atoms with E-state index in [4.69, 9.17) is 4.98 Å². The van der Waals surface area contributed by atoms with Crippen molar-refractivity contribution in [2.24, 2.45) is 0 Å². The minimum absolute atomic E-state index is 0.0112. The summed E-state index contributed by atoms with van der Waals surface area (Å²) >= 11 is 0. The first-order chi connectivity index (χ1) is 9.44. The SMILES string of the molecule is CCCn1cc(-c2nc(NC)cc(C(C)(C)C)n2)cn1. The molecule has 2 aromatic heterocycles. The lowest BCUT2D eigenvalue weighted by Gasteiger charge is -2.19. The van der Waals surface area contributed by atoms with Crippen LogP contribution in [0.5, 0.6) is 0 Å². The first-order valence-electron chi connectivity index (χ1n) is 7.04. The Morgan fingerprint density at radius 3 is 2.60 bits per heavy atom. The molecular formula is C15H23N5. The minimum atomic E-state index is -0.0112. The fourth-order valence-electron chi connectivity index (χ4n) is 1.92. The lowest BCUT2D eigenvalue weighted by molar-refractivity contribution is 0.568. The van der Waals surface area contributed by atoms with Gasteiger partial charge in [0.15, 0.2) is 5.82 Å². The quantitative estimate of drug-likeness (QED) is 0.930. The summed E-state index contributed by atoms with van der Waals surface area (Å²) in [4.78, 5) is 9.23. The van der Waals surface area contributed by atoms with Gasteiger partial charge in [0.05, 0.1) is 17.5 Å². The molecule has 0 saturated carbocycles. The molecule has 20 heavy (non-hydrogen) atoms. The maximum atomic E-state index is 4.69. The third-order valence-electron chi connectivity index (χ3n) is 3.09. The Bertz CT molecular complexity index is 580. The van der Waals surface area contributed by atoms with Crippen molar-refractivity contribution in [2.75, 3.05) is 12.4 Å². The van der Waals surface area contributed by atoms with E-state index in [9.17, 15) is 0 Å². The average molecular weight is 273 g/mol. The largest absolute Gasteiger partial charge is 0.373 e. The van der Waals surface area contributed by atoms with Gasteiger partial charge in [-0.3, -0.25) is 4.68 Å². The number of anilines is 1. The monoisotopic (exact) mass is 273 g/mol. The smallest absolute Gasteiger partial charge is 0.164 e. The van der Waals surface area contributed by atoms with E-state index < -0.39 is 0 Å². The topological polar surface area (TPSA) is 55.6 Å². The maximum Gasteiger partial charge on any atom is 0.164 e. The first kappa shape index (κ1) is 14.5. The molecule has 0 aliphatic heterocycles. The van der Waals surface area contributed by atoms with Gasteiger partial charge in [0.25, 0.3) is 0 Å². The van der Waals surface area contributed by atoms with Crippen LogP contribution >= 0.6 is 0 Å². The number of aromatic nitrogens is 4. The number of nitrogens with zero attached hydrogens (tertiary/aromatic N) is 4. The summed E-state index contributed by atoms with van der Waals surface area (Å²) in [5, 5.41) is 7.45. The molecule has 0 saturated heterocycles. The second-order valence-electron chi connectivity index (χ2n) is 5.95. The molecule has 0 spiro atoms. The fourth-order valence-corrected chi connectivity index (χ4v) is 1.92. The van der Waals surface area contributed by atoms with Crippen molar-refractivity contribution in [3.05, 3.63) is 24.2 Å². The predicted molar refractivity (Wildman–Crippen MR) is 81.8 cm³/mol. The van der Waals surface area contributed by atoms with E-state index in [0.29, 0.717) is 0 Å². The molecule has 0 atom stereocenters. The highest BCUT2D eigenvalue weighted by Crippen LogP contribution is 2.25. The van der Waals surface area contributed by atoms with Crippen molar-refractivity contribution >= 4 is 5.82 Å². The summed E-state index contributed by atoms with van der Waals surface area (Å²) in [6.07, 6.45) is 4.90. The molecule has 2 heterocycles. The number of hydrogen-bond acceptors (Lipinski definition) is 4. The highest BCUT2D eigenvalue weighted by atomic mass is 15.3. The van der Waals surface area contributed by atoms with E-state index in [1.807, 2.05) is 30.2 Å². The molecule has 1 N–H and O–H groups in total. The van der Waals surface area contributed by atoms with Gasteiger partial charge in [0.2, 0.25) is 0 Å². The molecule has 0 bridgehead atoms. The molecule has 0 radical (unpaired) electrons. The number of aryl methyl sites for hydroxylation is 1. The van der Waals surface area contributed by atoms with Crippen LogP contribution in [0.4, 0.5) is 5.82 Å². The zero-order chi connectivity index (χ0) is 14.8. The number of nitrogens with one attached hydrogen (secondary N) is 1. The van der Waals surface area contributed by atoms with Gasteiger partial charge in [-0.25, -0.2) is 9.97 Å². The van der Waals surface area contributed by atoms with Crippen LogP contribution in [0.2, 0.25) is 0 Å². The van der Waals surface area contributed by atoms with Gasteiger partial charge in [-0.15, -0.1) is 0 Å². The fraction of sp³-hybridized carbons (Fsp3) is 0.533. The average Bonchev–Trinajstić information content (AvgIpc) is 2.86. The van der Waals surface area contributed by atoms with Crippen molar-refractivity contribution in [1.29, 1.82) is 0 Å². The van der Waals surface area contributed by atoms with E-state index in [1.54, 1.807) is 0 Å². The van der Waals surface area contributed by atoms with Crippen LogP contribution in [-0.2, 0) is 12.0 Å². The molecule has 0 fully saturated rings. The molecular weight excluding hydrogens is 250 g/mol. The van der Waals surface area contributed by atoms with Gasteiger partial charge in [-0.05, 0) is 6.42 Å². The summed E-state index contributed by atoms with van der Waals surface area (Å²) in [5.74, 6) is 1.56. The highest BCUT2D eigenvalue weighted by molar-refractivity contribution is 5.56. The molecule has 0 amide bonds. The Labute approximate surface area is 120 Å². The Balaban J connectivity index is 2.44. The third-order valence-corrected chi connectivity index (χ3v) is 3.09. The van der Waals surface area contributed by atoms with Crippen LogP contribution in [0, 0.1) is 0 Å². The molecule has 0 aliphatic rings. The van der Waals surface area contributed by atoms with Crippen molar-refractivity contribution in [2.45, 2.75) is 46.1 Å². The Morgan fingerprint density at radius 1 is 1.25 bits per heavy atom. The normalized spacial score (nSPS) is 11.7. The maximum absolute atomic E-state index is 4.69. The second kappa shape index (κ2) is 5.61. The van der Waals surface area contributed by atoms with Crippen LogP contribution in [0.1, 0.15) is 39.8 Å². The standard InChI is InChI=1S/C15H23N5/c1-6-7-20-10-11(9-17-20)14-18-12(15(2,3)4)8-13(16-5)19-14/h8-10H,6-7H2,1-5H3,(H,16,18,19). The van der Waals surface area contributed by atoms with Gasteiger partial charge in [-0.2, -0.15) is 5.10 Å². The molecule has 5 nitrogen and oxygen atoms in total. The van der Waals surface area contributed by atoms with Crippen molar-refractivity contribution < 1.29 is 0 Å². The van der Waals surface area contributed by atoms with Gasteiger partial charge in [-0.1, -0.05) is 27.7 Å². The van der Waals surface area contributed by atoms with E-state index in [2.05, 4.69) is 43.1 Å². The van der Waals surface area contributed by atoms with Gasteiger partial charge in [0.1, 0.15) is 5.82 Å². The van der Waals surface area contributed by atoms with E-state index in [-0.39, 0.29) is 5.41 Å².